The quantitative estimate of drug-likeness (QED) is 0.720. The largest absolute Gasteiger partial charge is 0.392 e. The third-order valence-electron chi connectivity index (χ3n) is 6.53. The monoisotopic (exact) mass is 220 g/mol. The maximum absolute atomic E-state index is 8.99. The molecule has 0 spiro atoms. The first kappa shape index (κ1) is 10.8. The summed E-state index contributed by atoms with van der Waals surface area (Å²) in [5.41, 5.74) is 2.43. The molecular weight excluding hydrogens is 196 g/mol. The average Bonchev–Trinajstić information content (AvgIpc) is 2.62. The second-order valence-corrected chi connectivity index (χ2v) is 6.83. The minimum absolute atomic E-state index is 0.225. The van der Waals surface area contributed by atoms with Crippen LogP contribution in [0.25, 0.3) is 0 Å². The Hall–Kier alpha value is -0.300. The fraction of sp³-hybridized carbons (Fsp3) is 0.867. The Morgan fingerprint density at radius 2 is 1.94 bits per heavy atom. The second kappa shape index (κ2) is 3.13. The Kier molecular flexibility index (Phi) is 2.12. The number of hydrogen-bond donors (Lipinski definition) is 1. The van der Waals surface area contributed by atoms with Crippen LogP contribution < -0.4 is 0 Å². The fourth-order valence-corrected chi connectivity index (χ4v) is 5.19. The summed E-state index contributed by atoms with van der Waals surface area (Å²) in [7, 11) is 0. The van der Waals surface area contributed by atoms with Crippen molar-refractivity contribution in [2.75, 3.05) is 6.61 Å². The molecule has 4 saturated carbocycles. The van der Waals surface area contributed by atoms with E-state index in [-0.39, 0.29) is 6.61 Å². The van der Waals surface area contributed by atoms with Gasteiger partial charge in [0.25, 0.3) is 0 Å². The van der Waals surface area contributed by atoms with E-state index in [0.717, 1.165) is 29.7 Å². The van der Waals surface area contributed by atoms with Gasteiger partial charge in [-0.1, -0.05) is 25.5 Å². The summed E-state index contributed by atoms with van der Waals surface area (Å²) in [6, 6.07) is 0. The maximum Gasteiger partial charge on any atom is 0.0639 e. The summed E-state index contributed by atoms with van der Waals surface area (Å²) < 4.78 is 0. The number of aliphatic hydroxyl groups excluding tert-OH is 1. The molecule has 0 aromatic heterocycles. The molecule has 4 aliphatic rings. The van der Waals surface area contributed by atoms with Crippen LogP contribution in [-0.4, -0.2) is 11.7 Å². The lowest BCUT2D eigenvalue weighted by atomic mass is 9.71. The van der Waals surface area contributed by atoms with E-state index in [1.54, 1.807) is 0 Å². The molecule has 90 valence electrons. The minimum atomic E-state index is 0.225. The highest BCUT2D eigenvalue weighted by molar-refractivity contribution is 5.29. The predicted molar refractivity (Wildman–Crippen MR) is 66.0 cm³/mol. The first-order valence-electron chi connectivity index (χ1n) is 6.80. The van der Waals surface area contributed by atoms with Crippen molar-refractivity contribution in [1.82, 2.24) is 0 Å². The van der Waals surface area contributed by atoms with Crippen LogP contribution in [0.4, 0.5) is 0 Å². The number of rotatable bonds is 4. The molecule has 4 aliphatic carbocycles. The Morgan fingerprint density at radius 1 is 1.31 bits per heavy atom. The molecule has 4 rings (SSSR count). The molecule has 1 N–H and O–H groups in total. The smallest absolute Gasteiger partial charge is 0.0639 e. The molecule has 0 radical (unpaired) electrons. The molecule has 0 aromatic carbocycles. The summed E-state index contributed by atoms with van der Waals surface area (Å²) in [6.07, 6.45) is 7.76. The third kappa shape index (κ3) is 1.06. The second-order valence-electron chi connectivity index (χ2n) is 6.83. The van der Waals surface area contributed by atoms with Gasteiger partial charge in [0.05, 0.1) is 6.61 Å². The van der Waals surface area contributed by atoms with Gasteiger partial charge in [0, 0.05) is 0 Å². The SMILES string of the molecule is C/C(=C/CCC1(C)C2CC3C(C2)C31C)CO. The van der Waals surface area contributed by atoms with E-state index < -0.39 is 0 Å². The fourth-order valence-electron chi connectivity index (χ4n) is 5.19. The summed E-state index contributed by atoms with van der Waals surface area (Å²) >= 11 is 0. The van der Waals surface area contributed by atoms with Gasteiger partial charge < -0.3 is 5.11 Å². The molecule has 16 heavy (non-hydrogen) atoms. The van der Waals surface area contributed by atoms with Gasteiger partial charge in [-0.25, -0.2) is 0 Å². The summed E-state index contributed by atoms with van der Waals surface area (Å²) in [6.45, 7) is 7.33. The van der Waals surface area contributed by atoms with Crippen LogP contribution in [-0.2, 0) is 0 Å². The van der Waals surface area contributed by atoms with Gasteiger partial charge in [0.2, 0.25) is 0 Å². The molecule has 0 aliphatic heterocycles. The van der Waals surface area contributed by atoms with Crippen LogP contribution in [0, 0.1) is 28.6 Å². The van der Waals surface area contributed by atoms with E-state index in [1.165, 1.54) is 19.3 Å². The van der Waals surface area contributed by atoms with E-state index in [4.69, 9.17) is 5.11 Å². The van der Waals surface area contributed by atoms with Crippen LogP contribution >= 0.6 is 0 Å². The zero-order chi connectivity index (χ0) is 11.6. The van der Waals surface area contributed by atoms with Crippen LogP contribution in [0.5, 0.6) is 0 Å². The highest BCUT2D eigenvalue weighted by atomic mass is 16.3. The zero-order valence-electron chi connectivity index (χ0n) is 10.8. The first-order valence-corrected chi connectivity index (χ1v) is 6.80. The molecule has 4 fully saturated rings. The first-order chi connectivity index (χ1) is 7.54. The normalized spacial score (nSPS) is 53.5. The summed E-state index contributed by atoms with van der Waals surface area (Å²) in [5.74, 6) is 3.16. The van der Waals surface area contributed by atoms with Crippen LogP contribution in [0.3, 0.4) is 0 Å². The number of hydrogen-bond acceptors (Lipinski definition) is 1. The van der Waals surface area contributed by atoms with Crippen LogP contribution in [0.2, 0.25) is 0 Å². The van der Waals surface area contributed by atoms with Crippen molar-refractivity contribution in [3.8, 4) is 0 Å². The van der Waals surface area contributed by atoms with Crippen LogP contribution in [0.1, 0.15) is 46.5 Å². The highest BCUT2D eigenvalue weighted by Crippen LogP contribution is 2.87. The predicted octanol–water partition coefficient (Wildman–Crippen LogP) is 3.39. The van der Waals surface area contributed by atoms with E-state index in [1.807, 2.05) is 6.92 Å². The standard InChI is InChI=1S/C15H24O/c1-10(9-16)5-4-6-14(2)11-7-12-13(8-11)15(12,14)3/h5,11-13,16H,4,6-9H2,1-3H3/b10-5-. The van der Waals surface area contributed by atoms with Crippen LogP contribution in [0.15, 0.2) is 11.6 Å². The minimum Gasteiger partial charge on any atom is -0.392 e. The van der Waals surface area contributed by atoms with Gasteiger partial charge in [-0.2, -0.15) is 0 Å². The van der Waals surface area contributed by atoms with Gasteiger partial charge in [-0.15, -0.1) is 0 Å². The molecule has 0 amide bonds. The molecule has 0 saturated heterocycles. The van der Waals surface area contributed by atoms with Crippen molar-refractivity contribution >= 4 is 0 Å². The van der Waals surface area contributed by atoms with Gasteiger partial charge in [0.15, 0.2) is 0 Å². The summed E-state index contributed by atoms with van der Waals surface area (Å²) in [5, 5.41) is 8.99. The molecular formula is C15H24O. The van der Waals surface area contributed by atoms with E-state index in [2.05, 4.69) is 19.9 Å². The summed E-state index contributed by atoms with van der Waals surface area (Å²) in [4.78, 5) is 0. The van der Waals surface area contributed by atoms with Gasteiger partial charge in [-0.3, -0.25) is 0 Å². The van der Waals surface area contributed by atoms with Crippen molar-refractivity contribution < 1.29 is 5.11 Å². The lowest BCUT2D eigenvalue weighted by Crippen LogP contribution is -2.26. The van der Waals surface area contributed by atoms with E-state index in [0.29, 0.717) is 10.8 Å². The molecule has 3 atom stereocenters. The van der Waals surface area contributed by atoms with Gasteiger partial charge in [-0.05, 0) is 61.2 Å². The number of aliphatic hydroxyl groups is 1. The lowest BCUT2D eigenvalue weighted by molar-refractivity contribution is 0.154. The molecule has 0 heterocycles. The molecule has 3 unspecified atom stereocenters. The molecule has 1 nitrogen and oxygen atoms in total. The zero-order valence-corrected chi connectivity index (χ0v) is 10.8. The third-order valence-corrected chi connectivity index (χ3v) is 6.53. The van der Waals surface area contributed by atoms with Crippen molar-refractivity contribution in [2.24, 2.45) is 28.6 Å². The van der Waals surface area contributed by atoms with Crippen molar-refractivity contribution in [2.45, 2.75) is 46.5 Å². The van der Waals surface area contributed by atoms with E-state index >= 15 is 0 Å². The Labute approximate surface area is 98.9 Å². The topological polar surface area (TPSA) is 20.2 Å². The molecule has 0 aromatic rings. The number of allylic oxidation sites excluding steroid dienone is 1. The Balaban J connectivity index is 1.68. The maximum atomic E-state index is 8.99. The van der Waals surface area contributed by atoms with Gasteiger partial charge >= 0.3 is 0 Å². The Bertz CT molecular complexity index is 331. The van der Waals surface area contributed by atoms with Crippen molar-refractivity contribution in [3.63, 3.8) is 0 Å². The van der Waals surface area contributed by atoms with Crippen molar-refractivity contribution in [1.29, 1.82) is 0 Å². The lowest BCUT2D eigenvalue weighted by Gasteiger charge is -2.34. The van der Waals surface area contributed by atoms with Crippen molar-refractivity contribution in [3.05, 3.63) is 11.6 Å². The Morgan fingerprint density at radius 3 is 2.38 bits per heavy atom. The van der Waals surface area contributed by atoms with E-state index in [9.17, 15) is 0 Å². The molecule has 4 bridgehead atoms. The average molecular weight is 220 g/mol. The highest BCUT2D eigenvalue weighted by Gasteiger charge is 2.80. The molecule has 1 heteroatoms. The van der Waals surface area contributed by atoms with Gasteiger partial charge in [0.1, 0.15) is 0 Å².